The van der Waals surface area contributed by atoms with E-state index in [2.05, 4.69) is 25.7 Å². The number of furan rings is 1. The van der Waals surface area contributed by atoms with Crippen LogP contribution in [0.2, 0.25) is 0 Å². The number of hydrogen-bond donors (Lipinski definition) is 2. The number of hydrogen-bond acceptors (Lipinski definition) is 7. The van der Waals surface area contributed by atoms with Gasteiger partial charge in [0.1, 0.15) is 11.5 Å². The molecule has 4 aromatic rings. The summed E-state index contributed by atoms with van der Waals surface area (Å²) in [4.78, 5) is 31.9. The number of rotatable bonds is 6. The average molecular weight is 490 g/mol. The maximum atomic E-state index is 12.8. The van der Waals surface area contributed by atoms with E-state index >= 15 is 0 Å². The van der Waals surface area contributed by atoms with E-state index in [9.17, 15) is 22.8 Å². The van der Waals surface area contributed by atoms with Crippen LogP contribution in [0.5, 0.6) is 0 Å². The van der Waals surface area contributed by atoms with Crippen molar-refractivity contribution in [2.75, 3.05) is 5.32 Å². The van der Waals surface area contributed by atoms with Crippen molar-refractivity contribution >= 4 is 28.3 Å². The topological polar surface area (TPSA) is 115 Å². The molecule has 0 atom stereocenters. The number of anilines is 1. The van der Waals surface area contributed by atoms with Gasteiger partial charge in [0.2, 0.25) is 5.91 Å². The number of halogens is 3. The Morgan fingerprint density at radius 3 is 2.65 bits per heavy atom. The van der Waals surface area contributed by atoms with Gasteiger partial charge < -0.3 is 9.73 Å². The number of thiazole rings is 1. The lowest BCUT2D eigenvalue weighted by molar-refractivity contribution is -0.137. The summed E-state index contributed by atoms with van der Waals surface area (Å²) in [6.45, 7) is 3.26. The van der Waals surface area contributed by atoms with Crippen molar-refractivity contribution < 1.29 is 27.2 Å². The summed E-state index contributed by atoms with van der Waals surface area (Å²) in [6, 6.07) is 5.51. The molecule has 0 aliphatic heterocycles. The van der Waals surface area contributed by atoms with Crippen LogP contribution < -0.4 is 10.6 Å². The minimum absolute atomic E-state index is 0.147. The monoisotopic (exact) mass is 490 g/mol. The first-order chi connectivity index (χ1) is 16.1. The molecule has 0 aromatic carbocycles. The Morgan fingerprint density at radius 2 is 1.97 bits per heavy atom. The highest BCUT2D eigenvalue weighted by atomic mass is 32.1. The fourth-order valence-corrected chi connectivity index (χ4v) is 3.67. The molecule has 4 heterocycles. The number of carbonyl (C=O) groups is 2. The van der Waals surface area contributed by atoms with Crippen LogP contribution in [0, 0.1) is 6.92 Å². The van der Waals surface area contributed by atoms with Crippen LogP contribution in [-0.2, 0) is 17.5 Å². The van der Waals surface area contributed by atoms with E-state index in [1.54, 1.807) is 24.4 Å². The number of alkyl halides is 3. The van der Waals surface area contributed by atoms with E-state index < -0.39 is 17.6 Å². The fourth-order valence-electron chi connectivity index (χ4n) is 2.97. The number of amides is 2. The fraction of sp³-hybridized carbons (Fsp3) is 0.190. The molecule has 0 bridgehead atoms. The van der Waals surface area contributed by atoms with E-state index in [1.165, 1.54) is 35.2 Å². The molecule has 0 aliphatic rings. The van der Waals surface area contributed by atoms with Crippen molar-refractivity contribution in [3.8, 4) is 17.3 Å². The predicted octanol–water partition coefficient (Wildman–Crippen LogP) is 4.20. The van der Waals surface area contributed by atoms with Gasteiger partial charge in [-0.25, -0.2) is 14.6 Å². The molecule has 2 N–H and O–H groups in total. The van der Waals surface area contributed by atoms with Gasteiger partial charge in [0.25, 0.3) is 5.91 Å². The molecular weight excluding hydrogens is 473 g/mol. The molecule has 2 amide bonds. The lowest BCUT2D eigenvalue weighted by Gasteiger charge is -2.08. The Bertz CT molecular complexity index is 1340. The van der Waals surface area contributed by atoms with E-state index in [0.717, 1.165) is 6.07 Å². The van der Waals surface area contributed by atoms with E-state index in [4.69, 9.17) is 4.42 Å². The molecule has 0 radical (unpaired) electrons. The summed E-state index contributed by atoms with van der Waals surface area (Å²) in [5.74, 6) is 0.527. The summed E-state index contributed by atoms with van der Waals surface area (Å²) < 4.78 is 45.2. The molecule has 0 saturated heterocycles. The van der Waals surface area contributed by atoms with Gasteiger partial charge in [-0.05, 0) is 31.2 Å². The van der Waals surface area contributed by atoms with Gasteiger partial charge in [0.15, 0.2) is 16.7 Å². The molecule has 13 heteroatoms. The number of pyridine rings is 1. The SMILES string of the molecule is CC(=O)NCc1ccc(-c2csc(NC(=O)c3cnn(-c4ccc(C(F)(F)F)cn4)c3C)n2)o1. The predicted molar refractivity (Wildman–Crippen MR) is 116 cm³/mol. The van der Waals surface area contributed by atoms with Crippen LogP contribution in [0.4, 0.5) is 18.3 Å². The smallest absolute Gasteiger partial charge is 0.417 e. The second-order valence-electron chi connectivity index (χ2n) is 7.13. The molecule has 0 spiro atoms. The van der Waals surface area contributed by atoms with Crippen LogP contribution in [-0.4, -0.2) is 31.6 Å². The molecule has 4 rings (SSSR count). The van der Waals surface area contributed by atoms with Crippen LogP contribution in [0.3, 0.4) is 0 Å². The molecule has 4 aromatic heterocycles. The third-order valence-electron chi connectivity index (χ3n) is 4.70. The largest absolute Gasteiger partial charge is 0.458 e. The Hall–Kier alpha value is -4.00. The molecule has 176 valence electrons. The Balaban J connectivity index is 1.46. The van der Waals surface area contributed by atoms with E-state index in [1.807, 2.05) is 0 Å². The molecule has 0 fully saturated rings. The Morgan fingerprint density at radius 1 is 1.18 bits per heavy atom. The molecule has 34 heavy (non-hydrogen) atoms. The summed E-state index contributed by atoms with van der Waals surface area (Å²) in [6.07, 6.45) is -2.48. The lowest BCUT2D eigenvalue weighted by Crippen LogP contribution is -2.18. The third-order valence-corrected chi connectivity index (χ3v) is 5.45. The first-order valence-electron chi connectivity index (χ1n) is 9.80. The Labute approximate surface area is 194 Å². The van der Waals surface area contributed by atoms with Crippen LogP contribution in [0.25, 0.3) is 17.3 Å². The normalized spacial score (nSPS) is 11.4. The molecule has 0 saturated carbocycles. The minimum atomic E-state index is -4.50. The summed E-state index contributed by atoms with van der Waals surface area (Å²) >= 11 is 1.19. The van der Waals surface area contributed by atoms with Crippen molar-refractivity contribution in [2.45, 2.75) is 26.6 Å². The summed E-state index contributed by atoms with van der Waals surface area (Å²) in [7, 11) is 0. The van der Waals surface area contributed by atoms with Crippen LogP contribution in [0.15, 0.2) is 46.5 Å². The van der Waals surface area contributed by atoms with E-state index in [0.29, 0.717) is 34.2 Å². The second-order valence-corrected chi connectivity index (χ2v) is 7.98. The zero-order valence-corrected chi connectivity index (χ0v) is 18.6. The third kappa shape index (κ3) is 4.98. The highest BCUT2D eigenvalue weighted by molar-refractivity contribution is 7.14. The summed E-state index contributed by atoms with van der Waals surface area (Å²) in [5.41, 5.74) is 0.248. The zero-order valence-electron chi connectivity index (χ0n) is 17.8. The van der Waals surface area contributed by atoms with Crippen molar-refractivity contribution in [3.63, 3.8) is 0 Å². The van der Waals surface area contributed by atoms with Crippen molar-refractivity contribution in [2.24, 2.45) is 0 Å². The van der Waals surface area contributed by atoms with Gasteiger partial charge in [0.05, 0.1) is 29.6 Å². The number of nitrogens with zero attached hydrogens (tertiary/aromatic N) is 4. The van der Waals surface area contributed by atoms with Gasteiger partial charge in [-0.2, -0.15) is 18.3 Å². The highest BCUT2D eigenvalue weighted by Gasteiger charge is 2.31. The van der Waals surface area contributed by atoms with Gasteiger partial charge in [-0.15, -0.1) is 11.3 Å². The molecule has 9 nitrogen and oxygen atoms in total. The first-order valence-corrected chi connectivity index (χ1v) is 10.7. The number of nitrogens with one attached hydrogen (secondary N) is 2. The Kier molecular flexibility index (Phi) is 6.20. The molecule has 0 aliphatic carbocycles. The maximum absolute atomic E-state index is 12.8. The van der Waals surface area contributed by atoms with Crippen molar-refractivity contribution in [1.82, 2.24) is 25.1 Å². The van der Waals surface area contributed by atoms with Crippen molar-refractivity contribution in [1.29, 1.82) is 0 Å². The van der Waals surface area contributed by atoms with Crippen LogP contribution >= 0.6 is 11.3 Å². The standard InChI is InChI=1S/C21H17F3N6O3S/c1-11-15(9-27-30(11)18-6-3-13(7-26-18)21(22,23)24)19(32)29-20-28-16(10-34-20)17-5-4-14(33-17)8-25-12(2)31/h3-7,9-10H,8H2,1-2H3,(H,25,31)(H,28,29,32). The van der Waals surface area contributed by atoms with Crippen LogP contribution in [0.1, 0.15) is 34.3 Å². The quantitative estimate of drug-likeness (QED) is 0.419. The van der Waals surface area contributed by atoms with Gasteiger partial charge in [-0.1, -0.05) is 0 Å². The lowest BCUT2D eigenvalue weighted by atomic mass is 10.2. The zero-order chi connectivity index (χ0) is 24.5. The van der Waals surface area contributed by atoms with Gasteiger partial charge in [-0.3, -0.25) is 14.9 Å². The second kappa shape index (κ2) is 9.09. The molecular formula is C21H17F3N6O3S. The van der Waals surface area contributed by atoms with Gasteiger partial charge >= 0.3 is 6.18 Å². The van der Waals surface area contributed by atoms with E-state index in [-0.39, 0.29) is 23.8 Å². The van der Waals surface area contributed by atoms with Gasteiger partial charge in [0, 0.05) is 18.5 Å². The first kappa shape index (κ1) is 23.2. The summed E-state index contributed by atoms with van der Waals surface area (Å²) in [5, 5.41) is 11.4. The average Bonchev–Trinajstić information content (AvgIpc) is 3.51. The minimum Gasteiger partial charge on any atom is -0.458 e. The molecule has 0 unspecified atom stereocenters. The van der Waals surface area contributed by atoms with Crippen molar-refractivity contribution in [3.05, 3.63) is 64.6 Å². The number of aromatic nitrogens is 4. The number of carbonyl (C=O) groups excluding carboxylic acids is 2. The maximum Gasteiger partial charge on any atom is 0.417 e. The highest BCUT2D eigenvalue weighted by Crippen LogP contribution is 2.29.